The zero-order valence-electron chi connectivity index (χ0n) is 11.2. The smallest absolute Gasteiger partial charge is 0.405 e. The lowest BCUT2D eigenvalue weighted by molar-refractivity contribution is -0.274. The van der Waals surface area contributed by atoms with Crippen LogP contribution in [0.4, 0.5) is 26.3 Å². The Bertz CT molecular complexity index is 758. The first-order valence-corrected chi connectivity index (χ1v) is 6.09. The molecule has 23 heavy (non-hydrogen) atoms. The van der Waals surface area contributed by atoms with Gasteiger partial charge < -0.3 is 4.74 Å². The van der Waals surface area contributed by atoms with Gasteiger partial charge in [-0.05, 0) is 12.1 Å². The number of ether oxygens (including phenoxy) is 1. The van der Waals surface area contributed by atoms with Gasteiger partial charge in [0.15, 0.2) is 0 Å². The number of hydrogen-bond donors (Lipinski definition) is 0. The summed E-state index contributed by atoms with van der Waals surface area (Å²) in [5, 5.41) is 9.03. The maximum atomic E-state index is 12.9. The zero-order valence-corrected chi connectivity index (χ0v) is 11.2. The summed E-state index contributed by atoms with van der Waals surface area (Å²) >= 11 is 0. The molecule has 8 heteroatoms. The van der Waals surface area contributed by atoms with Crippen LogP contribution in [0.5, 0.6) is 5.75 Å². The zero-order chi connectivity index (χ0) is 17.3. The number of rotatable bonds is 2. The van der Waals surface area contributed by atoms with E-state index in [0.717, 1.165) is 24.3 Å². The molecular weight excluding hydrogens is 324 g/mol. The van der Waals surface area contributed by atoms with Crippen molar-refractivity contribution in [3.63, 3.8) is 0 Å². The Morgan fingerprint density at radius 1 is 0.826 bits per heavy atom. The van der Waals surface area contributed by atoms with Gasteiger partial charge in [0.25, 0.3) is 0 Å². The Kier molecular flexibility index (Phi) is 4.23. The fourth-order valence-corrected chi connectivity index (χ4v) is 2.04. The molecule has 120 valence electrons. The highest BCUT2D eigenvalue weighted by Crippen LogP contribution is 2.40. The van der Waals surface area contributed by atoms with Crippen molar-refractivity contribution >= 4 is 0 Å². The average molecular weight is 331 g/mol. The lowest BCUT2D eigenvalue weighted by Gasteiger charge is -2.16. The van der Waals surface area contributed by atoms with Crippen LogP contribution in [0.2, 0.25) is 0 Å². The van der Waals surface area contributed by atoms with Crippen molar-refractivity contribution in [2.75, 3.05) is 0 Å². The number of alkyl halides is 6. The van der Waals surface area contributed by atoms with E-state index < -0.39 is 29.4 Å². The summed E-state index contributed by atoms with van der Waals surface area (Å²) in [6.45, 7) is 0. The third-order valence-electron chi connectivity index (χ3n) is 2.88. The lowest BCUT2D eigenvalue weighted by atomic mass is 9.95. The molecule has 0 aliphatic rings. The first-order valence-electron chi connectivity index (χ1n) is 6.09. The number of para-hydroxylation sites is 1. The largest absolute Gasteiger partial charge is 0.573 e. The van der Waals surface area contributed by atoms with Gasteiger partial charge in [-0.1, -0.05) is 30.3 Å². The summed E-state index contributed by atoms with van der Waals surface area (Å²) in [5.74, 6) is -0.684. The molecule has 2 aromatic carbocycles. The molecule has 0 spiro atoms. The third kappa shape index (κ3) is 3.74. The van der Waals surface area contributed by atoms with Gasteiger partial charge in [0.2, 0.25) is 0 Å². The van der Waals surface area contributed by atoms with E-state index >= 15 is 0 Å². The van der Waals surface area contributed by atoms with Crippen LogP contribution in [0.1, 0.15) is 11.1 Å². The van der Waals surface area contributed by atoms with Gasteiger partial charge in [0.1, 0.15) is 11.8 Å². The number of nitriles is 1. The molecule has 0 N–H and O–H groups in total. The SMILES string of the molecule is N#Cc1c(-c2ccccc2OC(F)(F)F)cccc1C(F)(F)F. The minimum Gasteiger partial charge on any atom is -0.405 e. The van der Waals surface area contributed by atoms with Crippen molar-refractivity contribution in [2.45, 2.75) is 12.5 Å². The van der Waals surface area contributed by atoms with Crippen LogP contribution in [0.25, 0.3) is 11.1 Å². The average Bonchev–Trinajstić information content (AvgIpc) is 2.44. The van der Waals surface area contributed by atoms with Crippen LogP contribution >= 0.6 is 0 Å². The molecule has 0 fully saturated rings. The fourth-order valence-electron chi connectivity index (χ4n) is 2.04. The van der Waals surface area contributed by atoms with Crippen molar-refractivity contribution < 1.29 is 31.1 Å². The fraction of sp³-hybridized carbons (Fsp3) is 0.133. The molecule has 0 radical (unpaired) electrons. The van der Waals surface area contributed by atoms with E-state index in [1.807, 2.05) is 0 Å². The predicted molar refractivity (Wildman–Crippen MR) is 68.3 cm³/mol. The van der Waals surface area contributed by atoms with Gasteiger partial charge in [-0.3, -0.25) is 0 Å². The third-order valence-corrected chi connectivity index (χ3v) is 2.88. The molecule has 0 atom stereocenters. The van der Waals surface area contributed by atoms with Crippen LogP contribution in [0.15, 0.2) is 42.5 Å². The highest BCUT2D eigenvalue weighted by atomic mass is 19.4. The summed E-state index contributed by atoms with van der Waals surface area (Å²) in [6, 6.07) is 8.93. The molecule has 0 aliphatic heterocycles. The van der Waals surface area contributed by atoms with Crippen LogP contribution in [-0.4, -0.2) is 6.36 Å². The topological polar surface area (TPSA) is 33.0 Å². The van der Waals surface area contributed by atoms with Gasteiger partial charge >= 0.3 is 12.5 Å². The number of nitrogens with zero attached hydrogens (tertiary/aromatic N) is 1. The molecule has 2 rings (SSSR count). The Morgan fingerprint density at radius 2 is 1.43 bits per heavy atom. The molecule has 0 aliphatic carbocycles. The van der Waals surface area contributed by atoms with E-state index in [1.165, 1.54) is 18.2 Å². The summed E-state index contributed by atoms with van der Waals surface area (Å²) in [4.78, 5) is 0. The quantitative estimate of drug-likeness (QED) is 0.714. The molecule has 0 unspecified atom stereocenters. The molecule has 0 saturated carbocycles. The van der Waals surface area contributed by atoms with E-state index in [-0.39, 0.29) is 11.1 Å². The highest BCUT2D eigenvalue weighted by molar-refractivity contribution is 5.77. The molecule has 0 amide bonds. The Morgan fingerprint density at radius 3 is 2.00 bits per heavy atom. The second-order valence-electron chi connectivity index (χ2n) is 4.38. The van der Waals surface area contributed by atoms with E-state index in [1.54, 1.807) is 0 Å². The molecule has 0 saturated heterocycles. The van der Waals surface area contributed by atoms with Crippen LogP contribution in [0, 0.1) is 11.3 Å². The lowest BCUT2D eigenvalue weighted by Crippen LogP contribution is -2.17. The molecule has 2 nitrogen and oxygen atoms in total. The molecule has 2 aromatic rings. The first kappa shape index (κ1) is 16.7. The van der Waals surface area contributed by atoms with Crippen molar-refractivity contribution in [3.05, 3.63) is 53.6 Å². The first-order chi connectivity index (χ1) is 10.6. The Labute approximate surface area is 126 Å². The van der Waals surface area contributed by atoms with E-state index in [4.69, 9.17) is 5.26 Å². The molecule has 0 heterocycles. The van der Waals surface area contributed by atoms with Crippen molar-refractivity contribution in [1.29, 1.82) is 5.26 Å². The van der Waals surface area contributed by atoms with Gasteiger partial charge in [-0.25, -0.2) is 0 Å². The second kappa shape index (κ2) is 5.83. The van der Waals surface area contributed by atoms with Gasteiger partial charge in [0.05, 0.1) is 11.1 Å². The summed E-state index contributed by atoms with van der Waals surface area (Å²) in [5.41, 5.74) is -2.54. The number of halogens is 6. The number of hydrogen-bond acceptors (Lipinski definition) is 2. The Hall–Kier alpha value is -2.69. The maximum absolute atomic E-state index is 12.9. The van der Waals surface area contributed by atoms with Crippen molar-refractivity contribution in [3.8, 4) is 22.9 Å². The monoisotopic (exact) mass is 331 g/mol. The molecule has 0 aromatic heterocycles. The maximum Gasteiger partial charge on any atom is 0.573 e. The predicted octanol–water partition coefficient (Wildman–Crippen LogP) is 5.14. The molecular formula is C15H7F6NO. The van der Waals surface area contributed by atoms with Crippen molar-refractivity contribution in [2.24, 2.45) is 0 Å². The van der Waals surface area contributed by atoms with Crippen LogP contribution < -0.4 is 4.74 Å². The normalized spacial score (nSPS) is 11.9. The van der Waals surface area contributed by atoms with Gasteiger partial charge in [-0.2, -0.15) is 18.4 Å². The van der Waals surface area contributed by atoms with Gasteiger partial charge in [-0.15, -0.1) is 13.2 Å². The molecule has 0 bridgehead atoms. The minimum absolute atomic E-state index is 0.257. The number of benzene rings is 2. The van der Waals surface area contributed by atoms with Crippen LogP contribution in [-0.2, 0) is 6.18 Å². The second-order valence-corrected chi connectivity index (χ2v) is 4.38. The van der Waals surface area contributed by atoms with Gasteiger partial charge in [0, 0.05) is 11.1 Å². The highest BCUT2D eigenvalue weighted by Gasteiger charge is 2.36. The summed E-state index contributed by atoms with van der Waals surface area (Å²) in [7, 11) is 0. The van der Waals surface area contributed by atoms with E-state index in [2.05, 4.69) is 4.74 Å². The summed E-state index contributed by atoms with van der Waals surface area (Å²) in [6.07, 6.45) is -9.81. The van der Waals surface area contributed by atoms with Crippen LogP contribution in [0.3, 0.4) is 0 Å². The van der Waals surface area contributed by atoms with E-state index in [9.17, 15) is 26.3 Å². The standard InChI is InChI=1S/C15H7F6NO/c16-14(17,18)12-6-3-5-9(11(12)8-22)10-4-1-2-7-13(10)23-15(19,20)21/h1-7H. The van der Waals surface area contributed by atoms with Crippen molar-refractivity contribution in [1.82, 2.24) is 0 Å². The van der Waals surface area contributed by atoms with E-state index in [0.29, 0.717) is 6.07 Å². The minimum atomic E-state index is -5.01. The summed E-state index contributed by atoms with van der Waals surface area (Å²) < 4.78 is 79.9. The Balaban J connectivity index is 2.67.